The summed E-state index contributed by atoms with van der Waals surface area (Å²) in [4.78, 5) is 11.1. The van der Waals surface area contributed by atoms with Gasteiger partial charge >= 0.3 is 5.97 Å². The molecule has 0 aliphatic rings. The Morgan fingerprint density at radius 3 is 1.42 bits per heavy atom. The lowest BCUT2D eigenvalue weighted by Crippen LogP contribution is -2.41. The molecule has 0 aromatic carbocycles. The third-order valence-electron chi connectivity index (χ3n) is 5.26. The number of aliphatic carboxylic acids is 1. The van der Waals surface area contributed by atoms with Gasteiger partial charge in [0.1, 0.15) is 6.04 Å². The van der Waals surface area contributed by atoms with E-state index >= 15 is 0 Å². The van der Waals surface area contributed by atoms with Gasteiger partial charge in [0.2, 0.25) is 0 Å². The SMILES string of the molecule is CC(C)CCCCCCCCCCCCCCCN[C@H](C(=O)O)C(C)C. The van der Waals surface area contributed by atoms with Gasteiger partial charge in [-0.3, -0.25) is 4.79 Å². The molecule has 0 unspecified atom stereocenters. The van der Waals surface area contributed by atoms with Gasteiger partial charge in [0.15, 0.2) is 0 Å². The molecule has 3 nitrogen and oxygen atoms in total. The molecule has 0 aromatic rings. The van der Waals surface area contributed by atoms with Gasteiger partial charge in [0, 0.05) is 0 Å². The summed E-state index contributed by atoms with van der Waals surface area (Å²) >= 11 is 0. The number of hydrogen-bond acceptors (Lipinski definition) is 2. The van der Waals surface area contributed by atoms with Crippen LogP contribution in [0.15, 0.2) is 0 Å². The van der Waals surface area contributed by atoms with E-state index in [-0.39, 0.29) is 5.92 Å². The van der Waals surface area contributed by atoms with Crippen molar-refractivity contribution < 1.29 is 9.90 Å². The maximum absolute atomic E-state index is 11.1. The molecular weight excluding hydrogens is 322 g/mol. The average molecular weight is 370 g/mol. The zero-order valence-electron chi connectivity index (χ0n) is 18.2. The van der Waals surface area contributed by atoms with Crippen molar-refractivity contribution in [3.8, 4) is 0 Å². The third-order valence-corrected chi connectivity index (χ3v) is 5.26. The number of hydrogen-bond donors (Lipinski definition) is 2. The van der Waals surface area contributed by atoms with E-state index in [1.807, 2.05) is 13.8 Å². The highest BCUT2D eigenvalue weighted by molar-refractivity contribution is 5.73. The minimum atomic E-state index is -0.726. The van der Waals surface area contributed by atoms with Crippen molar-refractivity contribution in [3.63, 3.8) is 0 Å². The molecule has 0 saturated heterocycles. The molecule has 0 amide bonds. The molecule has 2 N–H and O–H groups in total. The van der Waals surface area contributed by atoms with E-state index in [9.17, 15) is 4.79 Å². The fourth-order valence-electron chi connectivity index (χ4n) is 3.49. The second-order valence-corrected chi connectivity index (χ2v) is 8.79. The van der Waals surface area contributed by atoms with Crippen LogP contribution in [0.4, 0.5) is 0 Å². The Hall–Kier alpha value is -0.570. The van der Waals surface area contributed by atoms with Crippen LogP contribution in [0.2, 0.25) is 0 Å². The van der Waals surface area contributed by atoms with Crippen LogP contribution in [0.25, 0.3) is 0 Å². The van der Waals surface area contributed by atoms with Crippen molar-refractivity contribution in [2.24, 2.45) is 11.8 Å². The molecule has 0 fully saturated rings. The Labute approximate surface area is 163 Å². The van der Waals surface area contributed by atoms with Crippen LogP contribution in [-0.2, 0) is 4.79 Å². The topological polar surface area (TPSA) is 49.3 Å². The summed E-state index contributed by atoms with van der Waals surface area (Å²) in [5.74, 6) is 0.288. The summed E-state index contributed by atoms with van der Waals surface area (Å²) in [6, 6.07) is -0.398. The minimum Gasteiger partial charge on any atom is -0.480 e. The van der Waals surface area contributed by atoms with Gasteiger partial charge < -0.3 is 10.4 Å². The monoisotopic (exact) mass is 369 g/mol. The van der Waals surface area contributed by atoms with Crippen LogP contribution in [0.5, 0.6) is 0 Å². The van der Waals surface area contributed by atoms with Crippen LogP contribution >= 0.6 is 0 Å². The molecule has 0 aliphatic heterocycles. The first-order valence-electron chi connectivity index (χ1n) is 11.4. The Bertz CT molecular complexity index is 315. The highest BCUT2D eigenvalue weighted by Gasteiger charge is 2.19. The van der Waals surface area contributed by atoms with Gasteiger partial charge in [0.05, 0.1) is 0 Å². The van der Waals surface area contributed by atoms with E-state index in [1.165, 1.54) is 83.5 Å². The number of carboxylic acids is 1. The van der Waals surface area contributed by atoms with Crippen molar-refractivity contribution in [3.05, 3.63) is 0 Å². The fraction of sp³-hybridized carbons (Fsp3) is 0.957. The normalized spacial score (nSPS) is 12.8. The summed E-state index contributed by atoms with van der Waals surface area (Å²) in [7, 11) is 0. The molecule has 0 heterocycles. The Kier molecular flexibility index (Phi) is 17.4. The number of nitrogens with one attached hydrogen (secondary N) is 1. The fourth-order valence-corrected chi connectivity index (χ4v) is 3.49. The summed E-state index contributed by atoms with van der Waals surface area (Å²) in [6.45, 7) is 9.38. The standard InChI is InChI=1S/C23H47NO2/c1-20(2)18-16-14-12-10-8-6-5-7-9-11-13-15-17-19-24-22(21(3)4)23(25)26/h20-22,24H,5-19H2,1-4H3,(H,25,26)/t22-/m0/s1. The van der Waals surface area contributed by atoms with Crippen LogP contribution < -0.4 is 5.32 Å². The molecule has 0 bridgehead atoms. The van der Waals surface area contributed by atoms with Gasteiger partial charge in [-0.2, -0.15) is 0 Å². The van der Waals surface area contributed by atoms with Gasteiger partial charge in [0.25, 0.3) is 0 Å². The maximum atomic E-state index is 11.1. The van der Waals surface area contributed by atoms with E-state index in [0.29, 0.717) is 0 Å². The summed E-state index contributed by atoms with van der Waals surface area (Å²) < 4.78 is 0. The van der Waals surface area contributed by atoms with Crippen molar-refractivity contribution in [1.29, 1.82) is 0 Å². The highest BCUT2D eigenvalue weighted by Crippen LogP contribution is 2.14. The number of unbranched alkanes of at least 4 members (excludes halogenated alkanes) is 12. The van der Waals surface area contributed by atoms with Crippen molar-refractivity contribution in [2.45, 2.75) is 124 Å². The predicted octanol–water partition coefficient (Wildman–Crippen LogP) is 6.80. The molecule has 0 rings (SSSR count). The first-order chi connectivity index (χ1) is 12.4. The van der Waals surface area contributed by atoms with Crippen LogP contribution in [0, 0.1) is 11.8 Å². The molecular formula is C23H47NO2. The number of carboxylic acid groups (broad SMARTS) is 1. The molecule has 3 heteroatoms. The van der Waals surface area contributed by atoms with Gasteiger partial charge in [-0.25, -0.2) is 0 Å². The summed E-state index contributed by atoms with van der Waals surface area (Å²) in [5.41, 5.74) is 0. The zero-order valence-corrected chi connectivity index (χ0v) is 18.2. The maximum Gasteiger partial charge on any atom is 0.320 e. The Balaban J connectivity index is 3.21. The Morgan fingerprint density at radius 1 is 0.692 bits per heavy atom. The lowest BCUT2D eigenvalue weighted by Gasteiger charge is -2.17. The van der Waals surface area contributed by atoms with Crippen molar-refractivity contribution in [2.75, 3.05) is 6.54 Å². The third kappa shape index (κ3) is 16.9. The summed E-state index contributed by atoms with van der Waals surface area (Å²) in [6.07, 6.45) is 19.0. The number of carbonyl (C=O) groups is 1. The zero-order chi connectivity index (χ0) is 19.6. The first-order valence-corrected chi connectivity index (χ1v) is 11.4. The van der Waals surface area contributed by atoms with Crippen molar-refractivity contribution >= 4 is 5.97 Å². The van der Waals surface area contributed by atoms with E-state index in [2.05, 4.69) is 19.2 Å². The predicted molar refractivity (Wildman–Crippen MR) is 114 cm³/mol. The van der Waals surface area contributed by atoms with E-state index in [0.717, 1.165) is 18.9 Å². The Morgan fingerprint density at radius 2 is 1.08 bits per heavy atom. The molecule has 0 aliphatic carbocycles. The van der Waals surface area contributed by atoms with E-state index in [4.69, 9.17) is 5.11 Å². The minimum absolute atomic E-state index is 0.146. The van der Waals surface area contributed by atoms with Crippen LogP contribution in [-0.4, -0.2) is 23.7 Å². The van der Waals surface area contributed by atoms with Gasteiger partial charge in [-0.15, -0.1) is 0 Å². The molecule has 156 valence electrons. The molecule has 0 radical (unpaired) electrons. The van der Waals surface area contributed by atoms with Crippen molar-refractivity contribution in [1.82, 2.24) is 5.32 Å². The molecule has 26 heavy (non-hydrogen) atoms. The molecule has 1 atom stereocenters. The van der Waals surface area contributed by atoms with E-state index < -0.39 is 12.0 Å². The molecule has 0 saturated carbocycles. The van der Waals surface area contributed by atoms with E-state index in [1.54, 1.807) is 0 Å². The quantitative estimate of drug-likeness (QED) is 0.246. The highest BCUT2D eigenvalue weighted by atomic mass is 16.4. The van der Waals surface area contributed by atoms with Gasteiger partial charge in [-0.05, 0) is 24.8 Å². The average Bonchev–Trinajstić information content (AvgIpc) is 2.56. The largest absolute Gasteiger partial charge is 0.480 e. The molecule has 0 aromatic heterocycles. The lowest BCUT2D eigenvalue weighted by atomic mass is 10.0. The number of rotatable bonds is 19. The van der Waals surface area contributed by atoms with Crippen LogP contribution in [0.3, 0.4) is 0 Å². The van der Waals surface area contributed by atoms with Crippen LogP contribution in [0.1, 0.15) is 118 Å². The van der Waals surface area contributed by atoms with Gasteiger partial charge in [-0.1, -0.05) is 111 Å². The summed E-state index contributed by atoms with van der Waals surface area (Å²) in [5, 5.41) is 12.3. The second-order valence-electron chi connectivity index (χ2n) is 8.79. The molecule has 0 spiro atoms. The first kappa shape index (κ1) is 25.4. The lowest BCUT2D eigenvalue weighted by molar-refractivity contribution is -0.140. The second kappa shape index (κ2) is 17.8. The smallest absolute Gasteiger partial charge is 0.320 e.